The molecule has 3 aromatic heterocycles. The summed E-state index contributed by atoms with van der Waals surface area (Å²) in [5, 5.41) is 27.3. The summed E-state index contributed by atoms with van der Waals surface area (Å²) in [5.41, 5.74) is 12.5. The van der Waals surface area contributed by atoms with E-state index in [0.717, 1.165) is 82.8 Å². The van der Waals surface area contributed by atoms with Gasteiger partial charge in [-0.15, -0.1) is 0 Å². The molecule has 0 aliphatic rings. The monoisotopic (exact) mass is 699 g/mol. The van der Waals surface area contributed by atoms with E-state index in [1.807, 2.05) is 36.4 Å². The fourth-order valence-corrected chi connectivity index (χ4v) is 8.78. The molecule has 0 radical (unpaired) electrons. The SMILES string of the molecule is N#Cc1ccc(-c2cccc(-n3c4ccccc4c4cccc(C#N)c43)c2)c(-n2c3ccccc3c3ccc(-n4c5ccccc5c5ccccc54)cc32)c1. The molecule has 0 saturated carbocycles. The van der Waals surface area contributed by atoms with Crippen LogP contribution in [0.3, 0.4) is 0 Å². The number of aromatic nitrogens is 3. The van der Waals surface area contributed by atoms with Crippen molar-refractivity contribution in [1.29, 1.82) is 10.5 Å². The molecule has 3 heterocycles. The maximum absolute atomic E-state index is 10.2. The Bertz CT molecular complexity index is 3420. The number of rotatable bonds is 4. The number of benzene rings is 8. The Morgan fingerprint density at radius 3 is 1.56 bits per heavy atom. The number of para-hydroxylation sites is 5. The first-order valence-corrected chi connectivity index (χ1v) is 18.3. The van der Waals surface area contributed by atoms with Gasteiger partial charge in [-0.3, -0.25) is 0 Å². The number of hydrogen-bond donors (Lipinski definition) is 0. The highest BCUT2D eigenvalue weighted by Gasteiger charge is 2.20. The highest BCUT2D eigenvalue weighted by molar-refractivity contribution is 6.13. The van der Waals surface area contributed by atoms with Gasteiger partial charge in [0.15, 0.2) is 0 Å². The zero-order valence-electron chi connectivity index (χ0n) is 29.5. The van der Waals surface area contributed by atoms with E-state index in [-0.39, 0.29) is 0 Å². The van der Waals surface area contributed by atoms with Crippen LogP contribution in [0.1, 0.15) is 11.1 Å². The van der Waals surface area contributed by atoms with Crippen molar-refractivity contribution in [3.8, 4) is 40.3 Å². The van der Waals surface area contributed by atoms with E-state index in [0.29, 0.717) is 11.1 Å². The molecule has 55 heavy (non-hydrogen) atoms. The predicted octanol–water partition coefficient (Wildman–Crippen LogP) is 12.4. The molecule has 0 unspecified atom stereocenters. The van der Waals surface area contributed by atoms with Crippen molar-refractivity contribution in [1.82, 2.24) is 13.7 Å². The third-order valence-corrected chi connectivity index (χ3v) is 11.1. The molecule has 11 rings (SSSR count). The van der Waals surface area contributed by atoms with E-state index in [2.05, 4.69) is 165 Å². The van der Waals surface area contributed by atoms with Gasteiger partial charge in [0.05, 0.1) is 56.0 Å². The molecule has 0 fully saturated rings. The van der Waals surface area contributed by atoms with E-state index in [9.17, 15) is 10.5 Å². The molecule has 0 saturated heterocycles. The van der Waals surface area contributed by atoms with Crippen LogP contribution in [-0.2, 0) is 0 Å². The fourth-order valence-electron chi connectivity index (χ4n) is 8.78. The third kappa shape index (κ3) is 4.45. The number of nitriles is 2. The topological polar surface area (TPSA) is 62.4 Å². The molecule has 0 amide bonds. The zero-order chi connectivity index (χ0) is 36.6. The van der Waals surface area contributed by atoms with Crippen LogP contribution in [-0.4, -0.2) is 13.7 Å². The highest BCUT2D eigenvalue weighted by Crippen LogP contribution is 2.40. The first-order valence-electron chi connectivity index (χ1n) is 18.3. The van der Waals surface area contributed by atoms with E-state index in [1.165, 1.54) is 10.8 Å². The predicted molar refractivity (Wildman–Crippen MR) is 224 cm³/mol. The van der Waals surface area contributed by atoms with Crippen LogP contribution in [0, 0.1) is 22.7 Å². The maximum atomic E-state index is 10.2. The molecule has 11 aromatic rings. The fraction of sp³-hybridized carbons (Fsp3) is 0. The molecule has 8 aromatic carbocycles. The van der Waals surface area contributed by atoms with Gasteiger partial charge in [0, 0.05) is 49.3 Å². The largest absolute Gasteiger partial charge is 0.309 e. The summed E-state index contributed by atoms with van der Waals surface area (Å²) in [4.78, 5) is 0. The van der Waals surface area contributed by atoms with E-state index in [4.69, 9.17) is 0 Å². The maximum Gasteiger partial charge on any atom is 0.101 e. The number of hydrogen-bond acceptors (Lipinski definition) is 2. The van der Waals surface area contributed by atoms with Crippen LogP contribution in [0.4, 0.5) is 0 Å². The standard InChI is InChI=1S/C50H29N5/c51-30-32-23-25-37(33-11-9-13-35(28-33)54-46-21-7-4-17-41(46)43-18-10-12-34(31-52)50(43)54)48(27-32)55-47-22-8-3-16-40(47)42-26-24-36(29-49(42)55)53-44-19-5-1-14-38(44)39-15-2-6-20-45(39)53/h1-29H. The summed E-state index contributed by atoms with van der Waals surface area (Å²) in [6, 6.07) is 66.0. The Kier molecular flexibility index (Phi) is 6.61. The van der Waals surface area contributed by atoms with Crippen molar-refractivity contribution in [2.75, 3.05) is 0 Å². The molecular formula is C50H29N5. The smallest absolute Gasteiger partial charge is 0.101 e. The van der Waals surface area contributed by atoms with Gasteiger partial charge in [-0.05, 0) is 72.3 Å². The normalized spacial score (nSPS) is 11.6. The van der Waals surface area contributed by atoms with Crippen LogP contribution < -0.4 is 0 Å². The van der Waals surface area contributed by atoms with Gasteiger partial charge < -0.3 is 13.7 Å². The molecule has 5 heteroatoms. The second kappa shape index (κ2) is 11.8. The van der Waals surface area contributed by atoms with Crippen molar-refractivity contribution in [3.05, 3.63) is 187 Å². The summed E-state index contributed by atoms with van der Waals surface area (Å²) in [6.07, 6.45) is 0. The summed E-state index contributed by atoms with van der Waals surface area (Å²) in [5.74, 6) is 0. The molecular weight excluding hydrogens is 671 g/mol. The summed E-state index contributed by atoms with van der Waals surface area (Å²) in [6.45, 7) is 0. The highest BCUT2D eigenvalue weighted by atomic mass is 15.0. The van der Waals surface area contributed by atoms with E-state index in [1.54, 1.807) is 0 Å². The minimum absolute atomic E-state index is 0.584. The van der Waals surface area contributed by atoms with E-state index >= 15 is 0 Å². The molecule has 0 aliphatic carbocycles. The van der Waals surface area contributed by atoms with Crippen molar-refractivity contribution < 1.29 is 0 Å². The van der Waals surface area contributed by atoms with Crippen LogP contribution in [0.2, 0.25) is 0 Å². The van der Waals surface area contributed by atoms with Gasteiger partial charge in [-0.25, -0.2) is 0 Å². The minimum atomic E-state index is 0.584. The zero-order valence-corrected chi connectivity index (χ0v) is 29.5. The van der Waals surface area contributed by atoms with Crippen molar-refractivity contribution in [3.63, 3.8) is 0 Å². The van der Waals surface area contributed by atoms with Gasteiger partial charge in [0.1, 0.15) is 6.07 Å². The Hall–Kier alpha value is -7.86. The van der Waals surface area contributed by atoms with Gasteiger partial charge in [0.25, 0.3) is 0 Å². The van der Waals surface area contributed by atoms with Gasteiger partial charge in [-0.1, -0.05) is 109 Å². The van der Waals surface area contributed by atoms with E-state index < -0.39 is 0 Å². The Morgan fingerprint density at radius 1 is 0.364 bits per heavy atom. The third-order valence-electron chi connectivity index (χ3n) is 11.1. The quantitative estimate of drug-likeness (QED) is 0.184. The summed E-state index contributed by atoms with van der Waals surface area (Å²) in [7, 11) is 0. The number of fused-ring (bicyclic) bond motifs is 9. The molecule has 5 nitrogen and oxygen atoms in total. The summed E-state index contributed by atoms with van der Waals surface area (Å²) < 4.78 is 6.87. The lowest BCUT2D eigenvalue weighted by Crippen LogP contribution is -2.00. The van der Waals surface area contributed by atoms with Crippen LogP contribution in [0.25, 0.3) is 93.6 Å². The van der Waals surface area contributed by atoms with Crippen molar-refractivity contribution in [2.24, 2.45) is 0 Å². The van der Waals surface area contributed by atoms with Crippen molar-refractivity contribution >= 4 is 65.4 Å². The van der Waals surface area contributed by atoms with Crippen LogP contribution >= 0.6 is 0 Å². The van der Waals surface area contributed by atoms with Gasteiger partial charge in [-0.2, -0.15) is 10.5 Å². The lowest BCUT2D eigenvalue weighted by Gasteiger charge is -2.17. The average Bonchev–Trinajstić information content (AvgIpc) is 3.89. The molecule has 0 bridgehead atoms. The Balaban J connectivity index is 1.18. The Morgan fingerprint density at radius 2 is 0.909 bits per heavy atom. The second-order valence-electron chi connectivity index (χ2n) is 14.0. The molecule has 0 atom stereocenters. The first-order chi connectivity index (χ1) is 27.2. The Labute approximate surface area is 316 Å². The summed E-state index contributed by atoms with van der Waals surface area (Å²) >= 11 is 0. The number of nitrogens with zero attached hydrogens (tertiary/aromatic N) is 5. The van der Waals surface area contributed by atoms with Crippen LogP contribution in [0.15, 0.2) is 176 Å². The first kappa shape index (κ1) is 30.7. The molecule has 0 N–H and O–H groups in total. The van der Waals surface area contributed by atoms with Crippen LogP contribution in [0.5, 0.6) is 0 Å². The van der Waals surface area contributed by atoms with Gasteiger partial charge in [0.2, 0.25) is 0 Å². The minimum Gasteiger partial charge on any atom is -0.309 e. The molecule has 254 valence electrons. The lowest BCUT2D eigenvalue weighted by molar-refractivity contribution is 1.15. The lowest BCUT2D eigenvalue weighted by atomic mass is 10.0. The molecule has 0 aliphatic heterocycles. The molecule has 0 spiro atoms. The second-order valence-corrected chi connectivity index (χ2v) is 14.0. The average molecular weight is 700 g/mol. The van der Waals surface area contributed by atoms with Crippen molar-refractivity contribution in [2.45, 2.75) is 0 Å². The van der Waals surface area contributed by atoms with Gasteiger partial charge >= 0.3 is 0 Å².